The topological polar surface area (TPSA) is 149 Å². The molecule has 1 fully saturated rings. The van der Waals surface area contributed by atoms with Gasteiger partial charge in [-0.05, 0) is 31.0 Å². The summed E-state index contributed by atoms with van der Waals surface area (Å²) in [7, 11) is 3.34. The summed E-state index contributed by atoms with van der Waals surface area (Å²) in [6.07, 6.45) is 6.23. The predicted molar refractivity (Wildman–Crippen MR) is 124 cm³/mol. The summed E-state index contributed by atoms with van der Waals surface area (Å²) in [6, 6.07) is 6.57. The number of carbonyl (C=O) groups is 1. The molecule has 4 aromatic heterocycles. The first-order valence-corrected chi connectivity index (χ1v) is 10.7. The van der Waals surface area contributed by atoms with Crippen molar-refractivity contribution in [3.8, 4) is 5.82 Å². The van der Waals surface area contributed by atoms with Gasteiger partial charge in [-0.2, -0.15) is 0 Å². The zero-order chi connectivity index (χ0) is 23.7. The summed E-state index contributed by atoms with van der Waals surface area (Å²) in [6.45, 7) is 0. The first kappa shape index (κ1) is 21.5. The van der Waals surface area contributed by atoms with Crippen molar-refractivity contribution in [2.75, 3.05) is 24.8 Å². The van der Waals surface area contributed by atoms with Crippen molar-refractivity contribution in [3.63, 3.8) is 0 Å². The van der Waals surface area contributed by atoms with E-state index < -0.39 is 5.91 Å². The van der Waals surface area contributed by atoms with Crippen molar-refractivity contribution in [2.24, 2.45) is 0 Å². The van der Waals surface area contributed by atoms with Crippen LogP contribution >= 0.6 is 0 Å². The molecule has 174 valence electrons. The first-order chi connectivity index (χ1) is 16.6. The van der Waals surface area contributed by atoms with Crippen LogP contribution in [0, 0.1) is 0 Å². The Labute approximate surface area is 193 Å². The molecule has 0 aliphatic heterocycles. The van der Waals surface area contributed by atoms with Crippen LogP contribution in [0.3, 0.4) is 0 Å². The predicted octanol–water partition coefficient (Wildman–Crippen LogP) is 1.86. The smallest absolute Gasteiger partial charge is 0.292 e. The minimum atomic E-state index is -0.424. The van der Waals surface area contributed by atoms with Gasteiger partial charge in [0.2, 0.25) is 5.76 Å². The average molecular weight is 462 g/mol. The molecule has 1 amide bonds. The number of carbonyl (C=O) groups excluding carboxylic acids is 1. The number of anilines is 3. The molecule has 2 atom stereocenters. The fourth-order valence-electron chi connectivity index (χ4n) is 3.81. The number of amides is 1. The number of methoxy groups -OCH3 is 1. The van der Waals surface area contributed by atoms with Gasteiger partial charge in [0.15, 0.2) is 5.52 Å². The van der Waals surface area contributed by atoms with Crippen LogP contribution in [-0.2, 0) is 4.74 Å². The van der Waals surface area contributed by atoms with Crippen LogP contribution in [0.5, 0.6) is 0 Å². The van der Waals surface area contributed by atoms with E-state index in [0.29, 0.717) is 22.8 Å². The molecule has 0 radical (unpaired) electrons. The van der Waals surface area contributed by atoms with Gasteiger partial charge in [0.05, 0.1) is 17.8 Å². The highest BCUT2D eigenvalue weighted by molar-refractivity contribution is 6.05. The van der Waals surface area contributed by atoms with Crippen LogP contribution in [0.15, 0.2) is 52.3 Å². The standard InChI is InChI=1S/C22H22N8O4/c1-23-14-10-16(26-13-4-3-9-30(22(13)32)17-7-8-24-11-25-17)28-19-18(14)29-34-20(19)21(31)27-12-5-6-15(12)33-2/h3-4,7-12,15,23H,5-6H2,1-2H3,(H,26,28)(H,27,31)/t12-,15-/m1/s1. The van der Waals surface area contributed by atoms with Crippen LogP contribution in [0.25, 0.3) is 16.9 Å². The quantitative estimate of drug-likeness (QED) is 0.371. The van der Waals surface area contributed by atoms with Crippen molar-refractivity contribution < 1.29 is 14.1 Å². The lowest BCUT2D eigenvalue weighted by Gasteiger charge is -2.35. The Hall–Kier alpha value is -4.32. The van der Waals surface area contributed by atoms with Gasteiger partial charge in [0.1, 0.15) is 29.2 Å². The zero-order valence-corrected chi connectivity index (χ0v) is 18.5. The normalized spacial score (nSPS) is 17.2. The Morgan fingerprint density at radius 2 is 2.12 bits per heavy atom. The third-order valence-corrected chi connectivity index (χ3v) is 5.76. The van der Waals surface area contributed by atoms with Crippen LogP contribution in [-0.4, -0.2) is 56.9 Å². The fraction of sp³-hybridized carbons (Fsp3) is 0.273. The molecule has 0 bridgehead atoms. The molecule has 0 unspecified atom stereocenters. The molecular formula is C22H22N8O4. The van der Waals surface area contributed by atoms with Gasteiger partial charge in [-0.3, -0.25) is 14.2 Å². The van der Waals surface area contributed by atoms with Crippen LogP contribution in [0.4, 0.5) is 17.2 Å². The van der Waals surface area contributed by atoms with Gasteiger partial charge >= 0.3 is 0 Å². The van der Waals surface area contributed by atoms with E-state index in [4.69, 9.17) is 9.26 Å². The maximum Gasteiger partial charge on any atom is 0.292 e. The SMILES string of the molecule is CNc1cc(Nc2cccn(-c3ccncn3)c2=O)nc2c(C(=O)N[C@@H]3CC[C@H]3OC)onc12. The summed E-state index contributed by atoms with van der Waals surface area (Å²) >= 11 is 0. The van der Waals surface area contributed by atoms with Crippen LogP contribution in [0.1, 0.15) is 23.4 Å². The second-order valence-corrected chi connectivity index (χ2v) is 7.74. The van der Waals surface area contributed by atoms with Gasteiger partial charge in [-0.1, -0.05) is 5.16 Å². The summed E-state index contributed by atoms with van der Waals surface area (Å²) in [5.74, 6) is 0.339. The molecule has 4 heterocycles. The lowest BCUT2D eigenvalue weighted by molar-refractivity contribution is 0.00678. The maximum absolute atomic E-state index is 13.0. The van der Waals surface area contributed by atoms with E-state index in [1.807, 2.05) is 0 Å². The van der Waals surface area contributed by atoms with Crippen molar-refractivity contribution in [2.45, 2.75) is 25.0 Å². The molecule has 0 aromatic carbocycles. The van der Waals surface area contributed by atoms with Crippen molar-refractivity contribution in [3.05, 3.63) is 59.1 Å². The Morgan fingerprint density at radius 1 is 1.24 bits per heavy atom. The van der Waals surface area contributed by atoms with Gasteiger partial charge in [0, 0.05) is 32.6 Å². The number of hydrogen-bond donors (Lipinski definition) is 3. The van der Waals surface area contributed by atoms with Crippen LogP contribution in [0.2, 0.25) is 0 Å². The third-order valence-electron chi connectivity index (χ3n) is 5.76. The highest BCUT2D eigenvalue weighted by atomic mass is 16.5. The third kappa shape index (κ3) is 3.83. The fourth-order valence-corrected chi connectivity index (χ4v) is 3.81. The number of aromatic nitrogens is 5. The minimum absolute atomic E-state index is 0.0108. The Bertz CT molecular complexity index is 1400. The molecule has 1 aliphatic rings. The number of rotatable bonds is 7. The largest absolute Gasteiger partial charge is 0.386 e. The summed E-state index contributed by atoms with van der Waals surface area (Å²) in [4.78, 5) is 38.4. The molecular weight excluding hydrogens is 440 g/mol. The first-order valence-electron chi connectivity index (χ1n) is 10.7. The van der Waals surface area contributed by atoms with Crippen molar-refractivity contribution in [1.82, 2.24) is 30.0 Å². The molecule has 0 spiro atoms. The minimum Gasteiger partial charge on any atom is -0.386 e. The molecule has 1 saturated carbocycles. The van der Waals surface area contributed by atoms with Crippen molar-refractivity contribution in [1.29, 1.82) is 0 Å². The molecule has 1 aliphatic carbocycles. The molecule has 34 heavy (non-hydrogen) atoms. The Balaban J connectivity index is 1.48. The molecule has 0 saturated heterocycles. The summed E-state index contributed by atoms with van der Waals surface area (Å²) in [5, 5.41) is 13.0. The van der Waals surface area contributed by atoms with E-state index >= 15 is 0 Å². The maximum atomic E-state index is 13.0. The van der Waals surface area contributed by atoms with E-state index in [0.717, 1.165) is 12.8 Å². The highest BCUT2D eigenvalue weighted by Gasteiger charge is 2.34. The Kier molecular flexibility index (Phi) is 5.64. The number of nitrogens with zero attached hydrogens (tertiary/aromatic N) is 5. The van der Waals surface area contributed by atoms with E-state index in [9.17, 15) is 9.59 Å². The molecule has 5 rings (SSSR count). The molecule has 12 heteroatoms. The van der Waals surface area contributed by atoms with E-state index in [1.165, 1.54) is 10.9 Å². The van der Waals surface area contributed by atoms with E-state index in [2.05, 4.69) is 36.1 Å². The number of pyridine rings is 2. The van der Waals surface area contributed by atoms with Gasteiger partial charge < -0.3 is 25.2 Å². The lowest BCUT2D eigenvalue weighted by atomic mass is 9.89. The van der Waals surface area contributed by atoms with E-state index in [-0.39, 0.29) is 34.7 Å². The average Bonchev–Trinajstić information content (AvgIpc) is 3.27. The molecule has 3 N–H and O–H groups in total. The number of hydrogen-bond acceptors (Lipinski definition) is 10. The lowest BCUT2D eigenvalue weighted by Crippen LogP contribution is -2.51. The highest BCUT2D eigenvalue weighted by Crippen LogP contribution is 2.29. The number of ether oxygens (including phenoxy) is 1. The summed E-state index contributed by atoms with van der Waals surface area (Å²) in [5.41, 5.74) is 1.21. The van der Waals surface area contributed by atoms with Crippen molar-refractivity contribution >= 4 is 34.1 Å². The second-order valence-electron chi connectivity index (χ2n) is 7.74. The number of nitrogens with one attached hydrogen (secondary N) is 3. The molecule has 12 nitrogen and oxygen atoms in total. The second kappa shape index (κ2) is 8.90. The van der Waals surface area contributed by atoms with Gasteiger partial charge in [-0.15, -0.1) is 0 Å². The van der Waals surface area contributed by atoms with Gasteiger partial charge in [0.25, 0.3) is 11.5 Å². The van der Waals surface area contributed by atoms with Crippen LogP contribution < -0.4 is 21.5 Å². The monoisotopic (exact) mass is 462 g/mol. The van der Waals surface area contributed by atoms with E-state index in [1.54, 1.807) is 50.8 Å². The molecule has 4 aromatic rings. The Morgan fingerprint density at radius 3 is 2.82 bits per heavy atom. The summed E-state index contributed by atoms with van der Waals surface area (Å²) < 4.78 is 12.1. The number of fused-ring (bicyclic) bond motifs is 1. The van der Waals surface area contributed by atoms with Gasteiger partial charge in [-0.25, -0.2) is 15.0 Å². The zero-order valence-electron chi connectivity index (χ0n) is 18.5.